The number of nitrogens with zero attached hydrogens (tertiary/aromatic N) is 2. The summed E-state index contributed by atoms with van der Waals surface area (Å²) in [7, 11) is 0. The molecule has 2 heterocycles. The lowest BCUT2D eigenvalue weighted by Crippen LogP contribution is -2.28. The highest BCUT2D eigenvalue weighted by Crippen LogP contribution is 2.33. The van der Waals surface area contributed by atoms with E-state index in [2.05, 4.69) is 5.10 Å². The van der Waals surface area contributed by atoms with Gasteiger partial charge in [0.25, 0.3) is 0 Å². The van der Waals surface area contributed by atoms with E-state index >= 15 is 0 Å². The van der Waals surface area contributed by atoms with Crippen LogP contribution in [0.4, 0.5) is 0 Å². The largest absolute Gasteiger partial charge is 0.467 e. The standard InChI is InChI=1S/C15H12N2O2/c18-9-4-8-17-15(14-7-3-10-19-14)13-6-2-1-5-12(13)11-16-17/h1-7,10-11,15H,8H2/t15-/m1/s1. The third-order valence-electron chi connectivity index (χ3n) is 3.11. The average molecular weight is 252 g/mol. The molecule has 94 valence electrons. The highest BCUT2D eigenvalue weighted by molar-refractivity contribution is 5.83. The van der Waals surface area contributed by atoms with Crippen LogP contribution in [-0.4, -0.2) is 23.7 Å². The van der Waals surface area contributed by atoms with Gasteiger partial charge in [-0.3, -0.25) is 5.01 Å². The lowest BCUT2D eigenvalue weighted by Gasteiger charge is -2.31. The van der Waals surface area contributed by atoms with Crippen LogP contribution in [0, 0.1) is 0 Å². The first-order chi connectivity index (χ1) is 9.40. The summed E-state index contributed by atoms with van der Waals surface area (Å²) in [6.45, 7) is 0.402. The second kappa shape index (κ2) is 4.96. The van der Waals surface area contributed by atoms with Crippen molar-refractivity contribution in [3.05, 3.63) is 65.6 Å². The van der Waals surface area contributed by atoms with Gasteiger partial charge in [-0.05, 0) is 17.7 Å². The predicted octanol–water partition coefficient (Wildman–Crippen LogP) is 2.41. The van der Waals surface area contributed by atoms with Gasteiger partial charge in [0.15, 0.2) is 0 Å². The van der Waals surface area contributed by atoms with E-state index in [1.54, 1.807) is 18.4 Å². The van der Waals surface area contributed by atoms with Crippen LogP contribution in [0.3, 0.4) is 0 Å². The zero-order chi connectivity index (χ0) is 13.1. The number of carbonyl (C=O) groups excluding carboxylic acids is 1. The van der Waals surface area contributed by atoms with E-state index in [1.807, 2.05) is 41.4 Å². The molecular weight excluding hydrogens is 240 g/mol. The van der Waals surface area contributed by atoms with Crippen LogP contribution in [-0.2, 0) is 4.79 Å². The van der Waals surface area contributed by atoms with Crippen molar-refractivity contribution in [1.82, 2.24) is 5.01 Å². The summed E-state index contributed by atoms with van der Waals surface area (Å²) in [5.41, 5.74) is 2.18. The molecule has 0 amide bonds. The minimum absolute atomic E-state index is 0.110. The Balaban J connectivity index is 2.07. The minimum atomic E-state index is -0.110. The van der Waals surface area contributed by atoms with Crippen LogP contribution < -0.4 is 0 Å². The SMILES string of the molecule is O=C=CCN1N=Cc2ccccc2[C@@H]1c1ccco1. The molecule has 0 aliphatic carbocycles. The first-order valence-corrected chi connectivity index (χ1v) is 6.02. The molecule has 1 aromatic carbocycles. The predicted molar refractivity (Wildman–Crippen MR) is 71.6 cm³/mol. The monoisotopic (exact) mass is 252 g/mol. The van der Waals surface area contributed by atoms with Crippen molar-refractivity contribution >= 4 is 12.2 Å². The molecule has 0 fully saturated rings. The first kappa shape index (κ1) is 11.5. The number of hydrogen-bond donors (Lipinski definition) is 0. The van der Waals surface area contributed by atoms with Crippen molar-refractivity contribution < 1.29 is 9.21 Å². The summed E-state index contributed by atoms with van der Waals surface area (Å²) < 4.78 is 5.51. The molecule has 0 unspecified atom stereocenters. The summed E-state index contributed by atoms with van der Waals surface area (Å²) in [6, 6.07) is 11.7. The van der Waals surface area contributed by atoms with E-state index in [9.17, 15) is 4.79 Å². The molecule has 4 nitrogen and oxygen atoms in total. The molecular formula is C15H12N2O2. The summed E-state index contributed by atoms with van der Waals surface area (Å²) in [5, 5.41) is 6.20. The Morgan fingerprint density at radius 2 is 2.21 bits per heavy atom. The molecule has 1 aromatic heterocycles. The number of hydrogen-bond acceptors (Lipinski definition) is 4. The molecule has 1 atom stereocenters. The van der Waals surface area contributed by atoms with Crippen molar-refractivity contribution in [2.24, 2.45) is 5.10 Å². The van der Waals surface area contributed by atoms with Crippen molar-refractivity contribution in [2.75, 3.05) is 6.54 Å². The highest BCUT2D eigenvalue weighted by Gasteiger charge is 2.27. The van der Waals surface area contributed by atoms with Crippen molar-refractivity contribution in [2.45, 2.75) is 6.04 Å². The van der Waals surface area contributed by atoms with Crippen molar-refractivity contribution in [3.63, 3.8) is 0 Å². The van der Waals surface area contributed by atoms with E-state index in [4.69, 9.17) is 4.42 Å². The van der Waals surface area contributed by atoms with Gasteiger partial charge < -0.3 is 4.42 Å². The summed E-state index contributed by atoms with van der Waals surface area (Å²) >= 11 is 0. The average Bonchev–Trinajstić information content (AvgIpc) is 2.98. The van der Waals surface area contributed by atoms with E-state index in [0.717, 1.165) is 16.9 Å². The molecule has 0 bridgehead atoms. The van der Waals surface area contributed by atoms with Gasteiger partial charge in [0.2, 0.25) is 0 Å². The van der Waals surface area contributed by atoms with Gasteiger partial charge in [0, 0.05) is 11.6 Å². The van der Waals surface area contributed by atoms with Gasteiger partial charge in [0.1, 0.15) is 17.7 Å². The van der Waals surface area contributed by atoms with Crippen LogP contribution in [0.2, 0.25) is 0 Å². The Hall–Kier alpha value is -2.58. The lowest BCUT2D eigenvalue weighted by molar-refractivity contribution is 0.231. The van der Waals surface area contributed by atoms with Crippen LogP contribution in [0.25, 0.3) is 0 Å². The maximum Gasteiger partial charge on any atom is 0.132 e. The number of furan rings is 1. The molecule has 1 aliphatic rings. The maximum atomic E-state index is 10.4. The second-order valence-corrected chi connectivity index (χ2v) is 4.24. The van der Waals surface area contributed by atoms with Gasteiger partial charge in [-0.2, -0.15) is 5.10 Å². The van der Waals surface area contributed by atoms with Gasteiger partial charge in [-0.15, -0.1) is 0 Å². The number of rotatable bonds is 3. The van der Waals surface area contributed by atoms with Gasteiger partial charge >= 0.3 is 0 Å². The van der Waals surface area contributed by atoms with Gasteiger partial charge in [-0.25, -0.2) is 4.79 Å². The minimum Gasteiger partial charge on any atom is -0.467 e. The fraction of sp³-hybridized carbons (Fsp3) is 0.133. The zero-order valence-corrected chi connectivity index (χ0v) is 10.2. The molecule has 0 radical (unpaired) electrons. The van der Waals surface area contributed by atoms with Crippen molar-refractivity contribution in [3.8, 4) is 0 Å². The summed E-state index contributed by atoms with van der Waals surface area (Å²) in [6.07, 6.45) is 4.86. The Morgan fingerprint density at radius 3 is 3.00 bits per heavy atom. The molecule has 0 spiro atoms. The summed E-state index contributed by atoms with van der Waals surface area (Å²) in [4.78, 5) is 10.4. The molecule has 2 aromatic rings. The van der Waals surface area contributed by atoms with Crippen LogP contribution in [0.5, 0.6) is 0 Å². The maximum absolute atomic E-state index is 10.4. The molecule has 0 saturated carbocycles. The number of fused-ring (bicyclic) bond motifs is 1. The Morgan fingerprint density at radius 1 is 1.32 bits per heavy atom. The lowest BCUT2D eigenvalue weighted by atomic mass is 9.97. The normalized spacial score (nSPS) is 16.8. The third kappa shape index (κ3) is 2.09. The number of benzene rings is 1. The topological polar surface area (TPSA) is 45.8 Å². The molecule has 1 aliphatic heterocycles. The quantitative estimate of drug-likeness (QED) is 0.788. The van der Waals surface area contributed by atoms with E-state index in [1.165, 1.54) is 6.08 Å². The Labute approximate surface area is 110 Å². The molecule has 0 saturated heterocycles. The van der Waals surface area contributed by atoms with Gasteiger partial charge in [-0.1, -0.05) is 24.3 Å². The van der Waals surface area contributed by atoms with Crippen LogP contribution in [0.15, 0.2) is 58.3 Å². The van der Waals surface area contributed by atoms with E-state index < -0.39 is 0 Å². The molecule has 3 rings (SSSR count). The Kier molecular flexibility index (Phi) is 3.01. The number of hydrazone groups is 1. The smallest absolute Gasteiger partial charge is 0.132 e. The third-order valence-corrected chi connectivity index (χ3v) is 3.11. The molecule has 19 heavy (non-hydrogen) atoms. The van der Waals surface area contributed by atoms with E-state index in [0.29, 0.717) is 6.54 Å². The van der Waals surface area contributed by atoms with Gasteiger partial charge in [0.05, 0.1) is 19.0 Å². The first-order valence-electron chi connectivity index (χ1n) is 6.02. The van der Waals surface area contributed by atoms with Crippen LogP contribution >= 0.6 is 0 Å². The zero-order valence-electron chi connectivity index (χ0n) is 10.2. The Bertz CT molecular complexity index is 640. The molecule has 0 N–H and O–H groups in total. The fourth-order valence-corrected chi connectivity index (χ4v) is 2.27. The van der Waals surface area contributed by atoms with E-state index in [-0.39, 0.29) is 6.04 Å². The van der Waals surface area contributed by atoms with Crippen molar-refractivity contribution in [1.29, 1.82) is 0 Å². The molecule has 4 heteroatoms. The van der Waals surface area contributed by atoms with Crippen LogP contribution in [0.1, 0.15) is 22.9 Å². The highest BCUT2D eigenvalue weighted by atomic mass is 16.3. The second-order valence-electron chi connectivity index (χ2n) is 4.24. The summed E-state index contributed by atoms with van der Waals surface area (Å²) in [5.74, 6) is 2.59. The fourth-order valence-electron chi connectivity index (χ4n) is 2.27.